The van der Waals surface area contributed by atoms with Gasteiger partial charge in [0.15, 0.2) is 16.9 Å². The van der Waals surface area contributed by atoms with Crippen LogP contribution in [-0.4, -0.2) is 16.0 Å². The van der Waals surface area contributed by atoms with Crippen LogP contribution < -0.4 is 14.3 Å². The molecule has 29 heavy (non-hydrogen) atoms. The van der Waals surface area contributed by atoms with Gasteiger partial charge < -0.3 is 0 Å². The second-order valence-electron chi connectivity index (χ2n) is 6.78. The van der Waals surface area contributed by atoms with Gasteiger partial charge in [-0.2, -0.15) is 4.40 Å². The highest BCUT2D eigenvalue weighted by Crippen LogP contribution is 2.41. The minimum atomic E-state index is 0.804. The van der Waals surface area contributed by atoms with Gasteiger partial charge >= 0.3 is 5.65 Å². The average molecular weight is 442 g/mol. The van der Waals surface area contributed by atoms with Gasteiger partial charge in [0.1, 0.15) is 0 Å². The van der Waals surface area contributed by atoms with Crippen molar-refractivity contribution in [3.05, 3.63) is 89.7 Å². The Bertz CT molecular complexity index is 1390. The van der Waals surface area contributed by atoms with E-state index in [1.54, 1.807) is 0 Å². The van der Waals surface area contributed by atoms with Crippen molar-refractivity contribution < 1.29 is 4.40 Å². The number of nitrogens with zero attached hydrogens (tertiary/aromatic N) is 6. The fourth-order valence-electron chi connectivity index (χ4n) is 3.69. The summed E-state index contributed by atoms with van der Waals surface area (Å²) in [6, 6.07) is 18.2. The molecule has 0 fully saturated rings. The number of benzene rings is 2. The molecule has 0 spiro atoms. The van der Waals surface area contributed by atoms with E-state index in [1.165, 1.54) is 0 Å². The molecule has 2 aromatic heterocycles. The third-order valence-electron chi connectivity index (χ3n) is 5.03. The fraction of sp³-hybridized carbons (Fsp3) is 0. The molecule has 6 nitrogen and oxygen atoms in total. The molecule has 2 aliphatic heterocycles. The Labute approximate surface area is 174 Å². The molecule has 0 atom stereocenters. The van der Waals surface area contributed by atoms with E-state index in [9.17, 15) is 0 Å². The van der Waals surface area contributed by atoms with Crippen LogP contribution in [0.25, 0.3) is 16.7 Å². The number of aromatic nitrogens is 3. The quantitative estimate of drug-likeness (QED) is 0.322. The smallest absolute Gasteiger partial charge is 0.298 e. The minimum absolute atomic E-state index is 0.804. The molecule has 4 heterocycles. The van der Waals surface area contributed by atoms with E-state index in [1.807, 2.05) is 76.4 Å². The Morgan fingerprint density at radius 3 is 2.83 bits per heavy atom. The lowest BCUT2D eigenvalue weighted by atomic mass is 10.1. The SMILES string of the molecule is Brc1ccc2c(c1)N1C=CC=CC1=NN2c1ccc2nnc3cccc[n+]3c2c1. The van der Waals surface area contributed by atoms with Crippen molar-refractivity contribution in [2.75, 3.05) is 9.91 Å². The van der Waals surface area contributed by atoms with Gasteiger partial charge in [-0.15, -0.1) is 5.10 Å². The third-order valence-corrected chi connectivity index (χ3v) is 5.52. The number of anilines is 3. The number of hydrogen-bond donors (Lipinski definition) is 0. The summed E-state index contributed by atoms with van der Waals surface area (Å²) in [5.74, 6) is 0.864. The van der Waals surface area contributed by atoms with E-state index in [0.717, 1.165) is 44.1 Å². The van der Waals surface area contributed by atoms with Crippen LogP contribution in [0.5, 0.6) is 0 Å². The van der Waals surface area contributed by atoms with Crippen LogP contribution in [0.4, 0.5) is 17.1 Å². The number of halogens is 1. The van der Waals surface area contributed by atoms with Crippen LogP contribution in [0, 0.1) is 0 Å². The summed E-state index contributed by atoms with van der Waals surface area (Å²) in [6.45, 7) is 0. The summed E-state index contributed by atoms with van der Waals surface area (Å²) in [5.41, 5.74) is 5.65. The van der Waals surface area contributed by atoms with Gasteiger partial charge in [0.2, 0.25) is 0 Å². The normalized spacial score (nSPS) is 14.9. The van der Waals surface area contributed by atoms with Gasteiger partial charge in [-0.25, -0.2) is 5.01 Å². The maximum absolute atomic E-state index is 4.91. The molecule has 6 rings (SSSR count). The van der Waals surface area contributed by atoms with Crippen molar-refractivity contribution in [2.24, 2.45) is 5.10 Å². The van der Waals surface area contributed by atoms with E-state index in [2.05, 4.69) is 49.2 Å². The summed E-state index contributed by atoms with van der Waals surface area (Å²) in [7, 11) is 0. The summed E-state index contributed by atoms with van der Waals surface area (Å²) >= 11 is 3.60. The summed E-state index contributed by atoms with van der Waals surface area (Å²) < 4.78 is 3.07. The Kier molecular flexibility index (Phi) is 3.51. The molecule has 0 amide bonds. The molecule has 0 N–H and O–H groups in total. The van der Waals surface area contributed by atoms with Crippen LogP contribution >= 0.6 is 15.9 Å². The first-order valence-electron chi connectivity index (χ1n) is 9.17. The Balaban J connectivity index is 1.59. The highest BCUT2D eigenvalue weighted by Gasteiger charge is 2.26. The van der Waals surface area contributed by atoms with Crippen LogP contribution in [0.15, 0.2) is 94.8 Å². The van der Waals surface area contributed by atoms with Crippen molar-refractivity contribution in [1.29, 1.82) is 0 Å². The molecule has 0 aliphatic carbocycles. The van der Waals surface area contributed by atoms with Gasteiger partial charge in [-0.3, -0.25) is 4.90 Å². The molecule has 0 bridgehead atoms. The summed E-state index contributed by atoms with van der Waals surface area (Å²) in [4.78, 5) is 2.09. The van der Waals surface area contributed by atoms with Gasteiger partial charge in [-0.05, 0) is 53.6 Å². The fourth-order valence-corrected chi connectivity index (χ4v) is 4.04. The van der Waals surface area contributed by atoms with Gasteiger partial charge in [0.25, 0.3) is 0 Å². The largest absolute Gasteiger partial charge is 0.355 e. The van der Waals surface area contributed by atoms with Gasteiger partial charge in [0.05, 0.1) is 28.4 Å². The highest BCUT2D eigenvalue weighted by atomic mass is 79.9. The number of amidine groups is 1. The predicted octanol–water partition coefficient (Wildman–Crippen LogP) is 4.49. The topological polar surface area (TPSA) is 48.7 Å². The zero-order valence-electron chi connectivity index (χ0n) is 15.1. The second kappa shape index (κ2) is 6.22. The van der Waals surface area contributed by atoms with Crippen molar-refractivity contribution in [1.82, 2.24) is 10.2 Å². The Morgan fingerprint density at radius 2 is 1.86 bits per heavy atom. The standard InChI is InChI=1S/C22H14BrN6/c23-15-7-10-18-20(13-15)28-12-4-2-6-22(28)26-29(18)16-8-9-17-19(14-16)27-11-3-1-5-21(27)25-24-17/h1-14H/q+1. The first-order chi connectivity index (χ1) is 14.3. The number of fused-ring (bicyclic) bond motifs is 6. The third kappa shape index (κ3) is 2.55. The monoisotopic (exact) mass is 441 g/mol. The van der Waals surface area contributed by atoms with E-state index in [4.69, 9.17) is 5.10 Å². The van der Waals surface area contributed by atoms with E-state index in [0.29, 0.717) is 0 Å². The Morgan fingerprint density at radius 1 is 0.897 bits per heavy atom. The number of allylic oxidation sites excluding steroid dienone is 2. The van der Waals surface area contributed by atoms with Gasteiger partial charge in [-0.1, -0.05) is 28.1 Å². The maximum atomic E-state index is 4.91. The van der Waals surface area contributed by atoms with Gasteiger partial charge in [0, 0.05) is 22.8 Å². The molecule has 7 heteroatoms. The predicted molar refractivity (Wildman–Crippen MR) is 117 cm³/mol. The Hall–Kier alpha value is -3.58. The molecule has 0 radical (unpaired) electrons. The summed E-state index contributed by atoms with van der Waals surface area (Å²) in [6.07, 6.45) is 10.0. The van der Waals surface area contributed by atoms with E-state index >= 15 is 0 Å². The molecule has 0 saturated heterocycles. The van der Waals surface area contributed by atoms with Crippen LogP contribution in [0.2, 0.25) is 0 Å². The molecule has 2 aromatic carbocycles. The molecular weight excluding hydrogens is 428 g/mol. The first-order valence-corrected chi connectivity index (χ1v) is 9.96. The lowest BCUT2D eigenvalue weighted by Crippen LogP contribution is -2.33. The average Bonchev–Trinajstić information content (AvgIpc) is 2.78. The first kappa shape index (κ1) is 16.4. The van der Waals surface area contributed by atoms with Crippen LogP contribution in [-0.2, 0) is 0 Å². The maximum Gasteiger partial charge on any atom is 0.355 e. The zero-order valence-corrected chi connectivity index (χ0v) is 16.7. The number of hydrazone groups is 1. The van der Waals surface area contributed by atoms with E-state index < -0.39 is 0 Å². The van der Waals surface area contributed by atoms with Crippen molar-refractivity contribution in [3.8, 4) is 0 Å². The molecule has 2 aliphatic rings. The lowest BCUT2D eigenvalue weighted by Gasteiger charge is -2.34. The van der Waals surface area contributed by atoms with Crippen LogP contribution in [0.1, 0.15) is 0 Å². The molecule has 0 saturated carbocycles. The summed E-state index contributed by atoms with van der Waals surface area (Å²) in [5, 5.41) is 15.5. The molecule has 138 valence electrons. The van der Waals surface area contributed by atoms with Crippen LogP contribution in [0.3, 0.4) is 0 Å². The molecule has 0 unspecified atom stereocenters. The van der Waals surface area contributed by atoms with Crippen molar-refractivity contribution >= 4 is 55.5 Å². The lowest BCUT2D eigenvalue weighted by molar-refractivity contribution is -0.485. The number of rotatable bonds is 1. The zero-order chi connectivity index (χ0) is 19.4. The van der Waals surface area contributed by atoms with Crippen molar-refractivity contribution in [2.45, 2.75) is 0 Å². The minimum Gasteiger partial charge on any atom is -0.298 e. The number of pyridine rings is 1. The number of hydrogen-bond acceptors (Lipinski definition) is 5. The highest BCUT2D eigenvalue weighted by molar-refractivity contribution is 9.10. The second-order valence-corrected chi connectivity index (χ2v) is 7.69. The molecular formula is C22H14BrN6+. The molecule has 4 aromatic rings. The van der Waals surface area contributed by atoms with E-state index in [-0.39, 0.29) is 0 Å². The van der Waals surface area contributed by atoms with Crippen molar-refractivity contribution in [3.63, 3.8) is 0 Å².